The van der Waals surface area contributed by atoms with Crippen LogP contribution in [0.4, 0.5) is 26.3 Å². The van der Waals surface area contributed by atoms with Gasteiger partial charge in [0.15, 0.2) is 0 Å². The molecule has 9 heteroatoms. The van der Waals surface area contributed by atoms with Crippen LogP contribution in [-0.2, 0) is 4.79 Å². The van der Waals surface area contributed by atoms with E-state index in [0.717, 1.165) is 0 Å². The predicted octanol–water partition coefficient (Wildman–Crippen LogP) is 2.86. The molecule has 0 unspecified atom stereocenters. The number of carbonyl (C=O) groups excluding carboxylic acids is 1. The first kappa shape index (κ1) is 16.3. The highest BCUT2D eigenvalue weighted by Gasteiger charge is 2.75. The molecular formula is C8H10ClF6NO. The topological polar surface area (TPSA) is 29.1 Å². The summed E-state index contributed by atoms with van der Waals surface area (Å²) in [5.74, 6) is -2.62. The lowest BCUT2D eigenvalue weighted by Crippen LogP contribution is -2.62. The average Bonchev–Trinajstić information content (AvgIpc) is 2.08. The molecule has 0 fully saturated rings. The summed E-state index contributed by atoms with van der Waals surface area (Å²) in [5.41, 5.74) is 0. The Labute approximate surface area is 98.3 Å². The van der Waals surface area contributed by atoms with Crippen molar-refractivity contribution in [2.24, 2.45) is 5.92 Å². The van der Waals surface area contributed by atoms with Gasteiger partial charge in [0, 0.05) is 6.54 Å². The van der Waals surface area contributed by atoms with E-state index >= 15 is 0 Å². The highest BCUT2D eigenvalue weighted by Crippen LogP contribution is 2.48. The van der Waals surface area contributed by atoms with E-state index in [-0.39, 0.29) is 12.5 Å². The Morgan fingerprint density at radius 2 is 1.47 bits per heavy atom. The predicted molar refractivity (Wildman–Crippen MR) is 48.5 cm³/mol. The van der Waals surface area contributed by atoms with Gasteiger partial charge in [-0.15, -0.1) is 0 Å². The third kappa shape index (κ3) is 3.40. The molecule has 0 rings (SSSR count). The number of nitrogens with one attached hydrogen (secondary N) is 1. The van der Waals surface area contributed by atoms with Crippen molar-refractivity contribution in [3.8, 4) is 0 Å². The van der Waals surface area contributed by atoms with Gasteiger partial charge in [-0.05, 0) is 5.92 Å². The second kappa shape index (κ2) is 4.91. The fourth-order valence-electron chi connectivity index (χ4n) is 0.837. The Morgan fingerprint density at radius 1 is 1.12 bits per heavy atom. The van der Waals surface area contributed by atoms with E-state index in [1.54, 1.807) is 0 Å². The van der Waals surface area contributed by atoms with Crippen LogP contribution in [-0.4, -0.2) is 29.7 Å². The summed E-state index contributed by atoms with van der Waals surface area (Å²) in [6.45, 7) is 2.69. The molecule has 1 amide bonds. The molecule has 0 aromatic rings. The van der Waals surface area contributed by atoms with Crippen LogP contribution in [0.1, 0.15) is 13.8 Å². The maximum absolute atomic E-state index is 12.3. The minimum atomic E-state index is -5.92. The number of amides is 1. The molecule has 0 atom stereocenters. The van der Waals surface area contributed by atoms with Crippen LogP contribution < -0.4 is 5.32 Å². The van der Waals surface area contributed by atoms with Crippen molar-refractivity contribution in [2.75, 3.05) is 6.54 Å². The Kier molecular flexibility index (Phi) is 4.72. The zero-order chi connectivity index (χ0) is 14.1. The molecule has 17 heavy (non-hydrogen) atoms. The molecule has 0 aliphatic carbocycles. The van der Waals surface area contributed by atoms with Gasteiger partial charge in [-0.2, -0.15) is 26.3 Å². The van der Waals surface area contributed by atoms with Crippen LogP contribution in [0.25, 0.3) is 0 Å². The lowest BCUT2D eigenvalue weighted by atomic mass is 10.1. The largest absolute Gasteiger partial charge is 0.425 e. The quantitative estimate of drug-likeness (QED) is 0.627. The van der Waals surface area contributed by atoms with Crippen molar-refractivity contribution in [2.45, 2.75) is 31.1 Å². The number of carbonyl (C=O) groups is 1. The summed E-state index contributed by atoms with van der Waals surface area (Å²) in [6, 6.07) is 0. The van der Waals surface area contributed by atoms with Crippen LogP contribution in [0.15, 0.2) is 0 Å². The van der Waals surface area contributed by atoms with E-state index in [9.17, 15) is 31.1 Å². The molecule has 0 radical (unpaired) electrons. The number of hydrogen-bond acceptors (Lipinski definition) is 1. The van der Waals surface area contributed by atoms with Gasteiger partial charge in [-0.25, -0.2) is 0 Å². The van der Waals surface area contributed by atoms with E-state index in [2.05, 4.69) is 11.6 Å². The first-order valence-corrected chi connectivity index (χ1v) is 4.82. The fourth-order valence-corrected chi connectivity index (χ4v) is 0.904. The molecule has 0 aliphatic heterocycles. The Bertz CT molecular complexity index is 271. The Balaban J connectivity index is 5.16. The van der Waals surface area contributed by atoms with Crippen molar-refractivity contribution < 1.29 is 31.1 Å². The van der Waals surface area contributed by atoms with Crippen LogP contribution in [0.2, 0.25) is 0 Å². The van der Waals surface area contributed by atoms with Crippen molar-refractivity contribution in [1.82, 2.24) is 5.32 Å². The highest BCUT2D eigenvalue weighted by atomic mass is 35.5. The zero-order valence-electron chi connectivity index (χ0n) is 8.84. The molecule has 0 spiro atoms. The molecule has 0 heterocycles. The summed E-state index contributed by atoms with van der Waals surface area (Å²) in [4.78, 5) is 6.07. The fraction of sp³-hybridized carbons (Fsp3) is 0.875. The lowest BCUT2D eigenvalue weighted by Gasteiger charge is -2.30. The molecule has 0 aliphatic rings. The third-order valence-corrected chi connectivity index (χ3v) is 2.37. The minimum absolute atomic E-state index is 0.304. The van der Waals surface area contributed by atoms with Crippen LogP contribution >= 0.6 is 11.6 Å². The first-order chi connectivity index (χ1) is 7.34. The lowest BCUT2D eigenvalue weighted by molar-refractivity contribution is -0.260. The van der Waals surface area contributed by atoms with Gasteiger partial charge in [-0.1, -0.05) is 25.4 Å². The van der Waals surface area contributed by atoms with Crippen molar-refractivity contribution in [3.05, 3.63) is 0 Å². The van der Waals surface area contributed by atoms with Gasteiger partial charge < -0.3 is 5.32 Å². The minimum Gasteiger partial charge on any atom is -0.354 e. The van der Waals surface area contributed by atoms with Gasteiger partial charge in [0.25, 0.3) is 5.91 Å². The monoisotopic (exact) mass is 285 g/mol. The summed E-state index contributed by atoms with van der Waals surface area (Å²) in [7, 11) is 0. The second-order valence-corrected chi connectivity index (χ2v) is 4.32. The third-order valence-electron chi connectivity index (χ3n) is 1.76. The number of hydrogen-bond donors (Lipinski definition) is 1. The summed E-state index contributed by atoms with van der Waals surface area (Å²) in [6.07, 6.45) is -11.8. The van der Waals surface area contributed by atoms with Gasteiger partial charge in [0.05, 0.1) is 0 Å². The van der Waals surface area contributed by atoms with E-state index in [4.69, 9.17) is 0 Å². The van der Waals surface area contributed by atoms with Gasteiger partial charge in [0.1, 0.15) is 0 Å². The van der Waals surface area contributed by atoms with Gasteiger partial charge in [-0.3, -0.25) is 4.79 Å². The van der Waals surface area contributed by atoms with Crippen molar-refractivity contribution in [3.63, 3.8) is 0 Å². The Morgan fingerprint density at radius 3 is 1.71 bits per heavy atom. The molecular weight excluding hydrogens is 276 g/mol. The Hall–Kier alpha value is -0.660. The van der Waals surface area contributed by atoms with Crippen molar-refractivity contribution >= 4 is 17.5 Å². The van der Waals surface area contributed by atoms with E-state index in [1.807, 2.05) is 0 Å². The van der Waals surface area contributed by atoms with E-state index in [1.165, 1.54) is 19.2 Å². The first-order valence-electron chi connectivity index (χ1n) is 4.44. The molecule has 0 aromatic carbocycles. The van der Waals surface area contributed by atoms with Gasteiger partial charge in [0.2, 0.25) is 0 Å². The van der Waals surface area contributed by atoms with Crippen LogP contribution in [0.5, 0.6) is 0 Å². The molecule has 0 aromatic heterocycles. The SMILES string of the molecule is CC(C)CNC(=O)C(Cl)(C(F)(F)F)C(F)(F)F. The second-order valence-electron chi connectivity index (χ2n) is 3.76. The highest BCUT2D eigenvalue weighted by molar-refractivity contribution is 6.36. The maximum Gasteiger partial charge on any atom is 0.425 e. The van der Waals surface area contributed by atoms with Crippen molar-refractivity contribution in [1.29, 1.82) is 0 Å². The normalized spacial score (nSPS) is 14.0. The smallest absolute Gasteiger partial charge is 0.354 e. The standard InChI is InChI=1S/C8H10ClF6NO/c1-4(2)3-16-5(17)6(9,7(10,11)12)8(13,14)15/h4H,3H2,1-2H3,(H,16,17). The molecule has 0 saturated heterocycles. The molecule has 0 saturated carbocycles. The molecule has 102 valence electrons. The van der Waals surface area contributed by atoms with E-state index in [0.29, 0.717) is 0 Å². The molecule has 2 nitrogen and oxygen atoms in total. The average molecular weight is 286 g/mol. The zero-order valence-corrected chi connectivity index (χ0v) is 9.59. The number of alkyl halides is 7. The van der Waals surface area contributed by atoms with Gasteiger partial charge >= 0.3 is 17.2 Å². The summed E-state index contributed by atoms with van der Waals surface area (Å²) < 4.78 is 73.6. The van der Waals surface area contributed by atoms with E-state index < -0.39 is 23.1 Å². The van der Waals surface area contributed by atoms with Crippen LogP contribution in [0, 0.1) is 5.92 Å². The summed E-state index contributed by atoms with van der Waals surface area (Å²) >= 11 is 4.46. The molecule has 0 bridgehead atoms. The number of halogens is 7. The maximum atomic E-state index is 12.3. The number of rotatable bonds is 3. The van der Waals surface area contributed by atoms with Crippen LogP contribution in [0.3, 0.4) is 0 Å². The summed E-state index contributed by atoms with van der Waals surface area (Å²) in [5, 5.41) is 1.52. The molecule has 1 N–H and O–H groups in total.